The van der Waals surface area contributed by atoms with Gasteiger partial charge in [0.05, 0.1) is 0 Å². The first-order chi connectivity index (χ1) is 8.43. The minimum atomic E-state index is 0.945. The molecule has 0 aliphatic heterocycles. The van der Waals surface area contributed by atoms with Gasteiger partial charge in [-0.3, -0.25) is 0 Å². The molecule has 0 heterocycles. The second-order valence-corrected chi connectivity index (χ2v) is 6.79. The van der Waals surface area contributed by atoms with Gasteiger partial charge >= 0.3 is 0 Å². The first kappa shape index (κ1) is 10.4. The Bertz CT molecular complexity index is 362. The highest BCUT2D eigenvalue weighted by atomic mass is 14.5. The Balaban J connectivity index is 1.65. The number of rotatable bonds is 0. The van der Waals surface area contributed by atoms with Gasteiger partial charge in [0.15, 0.2) is 0 Å². The van der Waals surface area contributed by atoms with Crippen molar-refractivity contribution in [1.82, 2.24) is 0 Å². The van der Waals surface area contributed by atoms with Crippen molar-refractivity contribution in [2.45, 2.75) is 51.4 Å². The summed E-state index contributed by atoms with van der Waals surface area (Å²) in [5, 5.41) is 0. The lowest BCUT2D eigenvalue weighted by molar-refractivity contribution is 0.0708. The van der Waals surface area contributed by atoms with E-state index in [1.165, 1.54) is 25.7 Å². The second kappa shape index (κ2) is 4.00. The molecule has 5 unspecified atom stereocenters. The Labute approximate surface area is 105 Å². The van der Waals surface area contributed by atoms with Crippen LogP contribution in [0.25, 0.3) is 0 Å². The van der Waals surface area contributed by atoms with Crippen molar-refractivity contribution >= 4 is 0 Å². The van der Waals surface area contributed by atoms with Crippen molar-refractivity contribution in [3.05, 3.63) is 23.8 Å². The summed E-state index contributed by atoms with van der Waals surface area (Å²) in [6, 6.07) is 0. The summed E-state index contributed by atoms with van der Waals surface area (Å²) in [6.07, 6.45) is 19.3. The number of hydrogen-bond donors (Lipinski definition) is 0. The molecule has 92 valence electrons. The Morgan fingerprint density at radius 3 is 2.88 bits per heavy atom. The molecule has 4 aliphatic rings. The molecule has 0 nitrogen and oxygen atoms in total. The third-order valence-electron chi connectivity index (χ3n) is 6.21. The lowest BCUT2D eigenvalue weighted by atomic mass is 9.58. The lowest BCUT2D eigenvalue weighted by Crippen LogP contribution is -2.38. The highest BCUT2D eigenvalue weighted by Crippen LogP contribution is 2.55. The molecule has 4 aliphatic carbocycles. The first-order valence-corrected chi connectivity index (χ1v) is 7.80. The van der Waals surface area contributed by atoms with Crippen molar-refractivity contribution in [3.8, 4) is 0 Å². The second-order valence-electron chi connectivity index (χ2n) is 6.79. The fourth-order valence-electron chi connectivity index (χ4n) is 5.51. The average molecular weight is 228 g/mol. The summed E-state index contributed by atoms with van der Waals surface area (Å²) in [5.41, 5.74) is 1.70. The van der Waals surface area contributed by atoms with Crippen molar-refractivity contribution in [1.29, 1.82) is 0 Å². The molecule has 5 atom stereocenters. The van der Waals surface area contributed by atoms with Crippen LogP contribution in [-0.4, -0.2) is 0 Å². The molecule has 2 saturated carbocycles. The zero-order valence-electron chi connectivity index (χ0n) is 10.8. The Kier molecular flexibility index (Phi) is 2.45. The van der Waals surface area contributed by atoms with E-state index >= 15 is 0 Å². The SMILES string of the molecule is C1=CC2=CCC3C4CCCC4CCC3C2CC1. The molecule has 2 fully saturated rings. The quantitative estimate of drug-likeness (QED) is 0.562. The molecular formula is C17H24. The molecule has 17 heavy (non-hydrogen) atoms. The fourth-order valence-corrected chi connectivity index (χ4v) is 5.51. The molecule has 0 spiro atoms. The average Bonchev–Trinajstić information content (AvgIpc) is 2.86. The van der Waals surface area contributed by atoms with Gasteiger partial charge in [0, 0.05) is 0 Å². The molecule has 0 heteroatoms. The molecule has 0 bridgehead atoms. The van der Waals surface area contributed by atoms with E-state index in [9.17, 15) is 0 Å². The van der Waals surface area contributed by atoms with E-state index in [0.717, 1.165) is 29.6 Å². The zero-order chi connectivity index (χ0) is 11.2. The maximum Gasteiger partial charge on any atom is -0.0131 e. The molecule has 4 rings (SSSR count). The smallest absolute Gasteiger partial charge is 0.0131 e. The first-order valence-electron chi connectivity index (χ1n) is 7.80. The lowest BCUT2D eigenvalue weighted by Gasteiger charge is -2.47. The number of fused-ring (bicyclic) bond motifs is 5. The van der Waals surface area contributed by atoms with Crippen molar-refractivity contribution in [3.63, 3.8) is 0 Å². The van der Waals surface area contributed by atoms with E-state index < -0.39 is 0 Å². The molecule has 0 aromatic carbocycles. The van der Waals surface area contributed by atoms with Crippen molar-refractivity contribution in [2.75, 3.05) is 0 Å². The summed E-state index contributed by atoms with van der Waals surface area (Å²) >= 11 is 0. The molecular weight excluding hydrogens is 204 g/mol. The molecule has 0 saturated heterocycles. The van der Waals surface area contributed by atoms with Crippen LogP contribution in [-0.2, 0) is 0 Å². The van der Waals surface area contributed by atoms with Gasteiger partial charge < -0.3 is 0 Å². The molecule has 0 radical (unpaired) electrons. The molecule has 0 aromatic heterocycles. The van der Waals surface area contributed by atoms with E-state index in [2.05, 4.69) is 18.2 Å². The van der Waals surface area contributed by atoms with E-state index in [4.69, 9.17) is 0 Å². The third-order valence-corrected chi connectivity index (χ3v) is 6.21. The highest BCUT2D eigenvalue weighted by molar-refractivity contribution is 5.28. The van der Waals surface area contributed by atoms with Gasteiger partial charge in [-0.15, -0.1) is 0 Å². The topological polar surface area (TPSA) is 0 Å². The van der Waals surface area contributed by atoms with Crippen LogP contribution in [0.1, 0.15) is 51.4 Å². The zero-order valence-corrected chi connectivity index (χ0v) is 10.8. The van der Waals surface area contributed by atoms with Gasteiger partial charge in [-0.05, 0) is 73.7 Å². The number of hydrogen-bond acceptors (Lipinski definition) is 0. The van der Waals surface area contributed by atoms with E-state index in [1.54, 1.807) is 31.3 Å². The van der Waals surface area contributed by atoms with Gasteiger partial charge in [0.1, 0.15) is 0 Å². The van der Waals surface area contributed by atoms with E-state index in [-0.39, 0.29) is 0 Å². The summed E-state index contributed by atoms with van der Waals surface area (Å²) in [7, 11) is 0. The fraction of sp³-hybridized carbons (Fsp3) is 0.765. The van der Waals surface area contributed by atoms with Gasteiger partial charge in [0.2, 0.25) is 0 Å². The van der Waals surface area contributed by atoms with Crippen LogP contribution in [0.2, 0.25) is 0 Å². The molecule has 0 aromatic rings. The minimum absolute atomic E-state index is 0.945. The normalized spacial score (nSPS) is 48.0. The van der Waals surface area contributed by atoms with Gasteiger partial charge in [-0.1, -0.05) is 31.1 Å². The maximum absolute atomic E-state index is 2.60. The van der Waals surface area contributed by atoms with Crippen LogP contribution < -0.4 is 0 Å². The van der Waals surface area contributed by atoms with Gasteiger partial charge in [0.25, 0.3) is 0 Å². The molecule has 0 N–H and O–H groups in total. The monoisotopic (exact) mass is 228 g/mol. The van der Waals surface area contributed by atoms with Crippen LogP contribution in [0.4, 0.5) is 0 Å². The highest BCUT2D eigenvalue weighted by Gasteiger charge is 2.45. The van der Waals surface area contributed by atoms with E-state index in [1.807, 2.05) is 0 Å². The van der Waals surface area contributed by atoms with Crippen LogP contribution in [0.15, 0.2) is 23.8 Å². The van der Waals surface area contributed by atoms with Gasteiger partial charge in [-0.2, -0.15) is 0 Å². The summed E-state index contributed by atoms with van der Waals surface area (Å²) < 4.78 is 0. The Morgan fingerprint density at radius 2 is 1.88 bits per heavy atom. The summed E-state index contributed by atoms with van der Waals surface area (Å²) in [4.78, 5) is 0. The van der Waals surface area contributed by atoms with Crippen LogP contribution in [0.3, 0.4) is 0 Å². The van der Waals surface area contributed by atoms with Crippen LogP contribution in [0, 0.1) is 29.6 Å². The van der Waals surface area contributed by atoms with Gasteiger partial charge in [-0.25, -0.2) is 0 Å². The minimum Gasteiger partial charge on any atom is -0.0842 e. The van der Waals surface area contributed by atoms with Crippen LogP contribution >= 0.6 is 0 Å². The number of allylic oxidation sites excluding steroid dienone is 4. The maximum atomic E-state index is 2.60. The largest absolute Gasteiger partial charge is 0.0842 e. The Morgan fingerprint density at radius 1 is 0.882 bits per heavy atom. The predicted octanol–water partition coefficient (Wildman–Crippen LogP) is 4.73. The van der Waals surface area contributed by atoms with E-state index in [0.29, 0.717) is 0 Å². The van der Waals surface area contributed by atoms with Crippen LogP contribution in [0.5, 0.6) is 0 Å². The van der Waals surface area contributed by atoms with Crippen molar-refractivity contribution in [2.24, 2.45) is 29.6 Å². The summed E-state index contributed by atoms with van der Waals surface area (Å²) in [5.74, 6) is 5.29. The van der Waals surface area contributed by atoms with Crippen molar-refractivity contribution < 1.29 is 0 Å². The standard InChI is InChI=1S/C17H24/c1-2-6-14-12(4-1)8-10-17-15-7-3-5-13(15)9-11-16(14)17/h1,4,8,13-17H,2-3,5-7,9-11H2. The summed E-state index contributed by atoms with van der Waals surface area (Å²) in [6.45, 7) is 0. The Hall–Kier alpha value is -0.520. The predicted molar refractivity (Wildman–Crippen MR) is 71.6 cm³/mol. The molecule has 0 amide bonds. The third kappa shape index (κ3) is 1.56.